The molecule has 0 saturated heterocycles. The molecule has 56 valence electrons. The van der Waals surface area contributed by atoms with Crippen LogP contribution in [0.25, 0.3) is 10.9 Å². The molecule has 0 amide bonds. The third-order valence-corrected chi connectivity index (χ3v) is 1.67. The maximum atomic E-state index is 12.2. The molecular weight excluding hydrogens is 143 g/mol. The molecule has 0 bridgehead atoms. The Labute approximate surface area is 63.0 Å². The standard InChI is InChI=1S/C8H7FN2/c9-5-8-6-3-1-2-4-7(6)10-11-8/h1-4H,5H2,(H,10,11). The highest BCUT2D eigenvalue weighted by Gasteiger charge is 2.01. The number of alkyl halides is 1. The van der Waals surface area contributed by atoms with Crippen molar-refractivity contribution in [2.45, 2.75) is 6.67 Å². The molecule has 1 N–H and O–H groups in total. The molecule has 0 saturated carbocycles. The fourth-order valence-corrected chi connectivity index (χ4v) is 1.12. The van der Waals surface area contributed by atoms with Crippen molar-refractivity contribution >= 4 is 10.9 Å². The highest BCUT2D eigenvalue weighted by molar-refractivity contribution is 5.80. The van der Waals surface area contributed by atoms with Gasteiger partial charge in [0.05, 0.1) is 11.2 Å². The SMILES string of the molecule is FCc1[nH]nc2ccccc12. The highest BCUT2D eigenvalue weighted by Crippen LogP contribution is 2.15. The molecule has 1 aromatic heterocycles. The first-order chi connectivity index (χ1) is 5.42. The molecule has 0 aliphatic carbocycles. The molecule has 0 fully saturated rings. The Morgan fingerprint density at radius 2 is 2.18 bits per heavy atom. The lowest BCUT2D eigenvalue weighted by Gasteiger charge is -1.87. The monoisotopic (exact) mass is 150 g/mol. The maximum Gasteiger partial charge on any atom is 0.131 e. The van der Waals surface area contributed by atoms with E-state index in [1.165, 1.54) is 0 Å². The van der Waals surface area contributed by atoms with Gasteiger partial charge in [-0.2, -0.15) is 5.10 Å². The van der Waals surface area contributed by atoms with Crippen LogP contribution in [0.2, 0.25) is 0 Å². The van der Waals surface area contributed by atoms with Crippen LogP contribution in [-0.2, 0) is 6.67 Å². The number of para-hydroxylation sites is 1. The Hall–Kier alpha value is -1.38. The molecule has 2 nitrogen and oxygen atoms in total. The summed E-state index contributed by atoms with van der Waals surface area (Å²) in [6, 6.07) is 7.46. The number of benzene rings is 1. The van der Waals surface area contributed by atoms with E-state index in [1.807, 2.05) is 24.3 Å². The van der Waals surface area contributed by atoms with Gasteiger partial charge in [0, 0.05) is 5.39 Å². The van der Waals surface area contributed by atoms with Gasteiger partial charge in [-0.05, 0) is 6.07 Å². The zero-order valence-corrected chi connectivity index (χ0v) is 5.84. The summed E-state index contributed by atoms with van der Waals surface area (Å²) in [5.41, 5.74) is 1.38. The minimum atomic E-state index is -0.486. The summed E-state index contributed by atoms with van der Waals surface area (Å²) < 4.78 is 12.2. The normalized spacial score (nSPS) is 10.6. The van der Waals surface area contributed by atoms with Gasteiger partial charge in [0.1, 0.15) is 6.67 Å². The molecule has 2 aromatic rings. The van der Waals surface area contributed by atoms with Crippen LogP contribution in [-0.4, -0.2) is 10.2 Å². The number of nitrogens with one attached hydrogen (secondary N) is 1. The molecular formula is C8H7FN2. The number of nitrogens with zero attached hydrogens (tertiary/aromatic N) is 1. The summed E-state index contributed by atoms with van der Waals surface area (Å²) in [6.07, 6.45) is 0. The molecule has 0 aliphatic rings. The van der Waals surface area contributed by atoms with E-state index < -0.39 is 6.67 Å². The van der Waals surface area contributed by atoms with Gasteiger partial charge in [-0.3, -0.25) is 5.10 Å². The first-order valence-electron chi connectivity index (χ1n) is 3.40. The first-order valence-corrected chi connectivity index (χ1v) is 3.40. The topological polar surface area (TPSA) is 28.7 Å². The van der Waals surface area contributed by atoms with E-state index in [0.717, 1.165) is 10.9 Å². The summed E-state index contributed by atoms with van der Waals surface area (Å²) >= 11 is 0. The summed E-state index contributed by atoms with van der Waals surface area (Å²) in [5, 5.41) is 7.43. The second-order valence-corrected chi connectivity index (χ2v) is 2.35. The molecule has 0 atom stereocenters. The van der Waals surface area contributed by atoms with Crippen molar-refractivity contribution in [2.24, 2.45) is 0 Å². The minimum Gasteiger partial charge on any atom is -0.279 e. The van der Waals surface area contributed by atoms with Crippen molar-refractivity contribution < 1.29 is 4.39 Å². The summed E-state index contributed by atoms with van der Waals surface area (Å²) in [4.78, 5) is 0. The molecule has 0 spiro atoms. The van der Waals surface area contributed by atoms with Gasteiger partial charge in [0.15, 0.2) is 0 Å². The highest BCUT2D eigenvalue weighted by atomic mass is 19.1. The molecule has 0 aliphatic heterocycles. The van der Waals surface area contributed by atoms with Crippen molar-refractivity contribution in [3.8, 4) is 0 Å². The smallest absolute Gasteiger partial charge is 0.131 e. The Morgan fingerprint density at radius 1 is 1.36 bits per heavy atom. The van der Waals surface area contributed by atoms with Crippen LogP contribution in [0, 0.1) is 0 Å². The number of hydrogen-bond acceptors (Lipinski definition) is 1. The second-order valence-electron chi connectivity index (χ2n) is 2.35. The van der Waals surface area contributed by atoms with Gasteiger partial charge in [-0.15, -0.1) is 0 Å². The number of H-pyrrole nitrogens is 1. The largest absolute Gasteiger partial charge is 0.279 e. The van der Waals surface area contributed by atoms with Crippen LogP contribution in [0.4, 0.5) is 4.39 Å². The van der Waals surface area contributed by atoms with Crippen LogP contribution < -0.4 is 0 Å². The van der Waals surface area contributed by atoms with Crippen LogP contribution in [0.1, 0.15) is 5.69 Å². The maximum absolute atomic E-state index is 12.2. The average molecular weight is 150 g/mol. The summed E-state index contributed by atoms with van der Waals surface area (Å²) in [7, 11) is 0. The Balaban J connectivity index is 2.76. The third-order valence-electron chi connectivity index (χ3n) is 1.67. The Morgan fingerprint density at radius 3 is 3.00 bits per heavy atom. The zero-order valence-electron chi connectivity index (χ0n) is 5.84. The first kappa shape index (κ1) is 6.34. The molecule has 1 heterocycles. The van der Waals surface area contributed by atoms with Crippen molar-refractivity contribution in [1.82, 2.24) is 10.2 Å². The number of aromatic amines is 1. The predicted molar refractivity (Wildman–Crippen MR) is 40.9 cm³/mol. The van der Waals surface area contributed by atoms with Crippen LogP contribution in [0.15, 0.2) is 24.3 Å². The fraction of sp³-hybridized carbons (Fsp3) is 0.125. The summed E-state index contributed by atoms with van der Waals surface area (Å²) in [6.45, 7) is -0.486. The second kappa shape index (κ2) is 2.34. The van der Waals surface area contributed by atoms with Gasteiger partial charge < -0.3 is 0 Å². The van der Waals surface area contributed by atoms with E-state index >= 15 is 0 Å². The molecule has 11 heavy (non-hydrogen) atoms. The average Bonchev–Trinajstić information content (AvgIpc) is 2.47. The van der Waals surface area contributed by atoms with E-state index in [4.69, 9.17) is 0 Å². The molecule has 2 rings (SSSR count). The van der Waals surface area contributed by atoms with Gasteiger partial charge in [0.25, 0.3) is 0 Å². The van der Waals surface area contributed by atoms with E-state index in [1.54, 1.807) is 0 Å². The molecule has 0 unspecified atom stereocenters. The van der Waals surface area contributed by atoms with Crippen LogP contribution >= 0.6 is 0 Å². The quantitative estimate of drug-likeness (QED) is 0.662. The lowest BCUT2D eigenvalue weighted by atomic mass is 10.2. The third kappa shape index (κ3) is 0.888. The zero-order chi connectivity index (χ0) is 7.68. The molecule has 0 radical (unpaired) electrons. The van der Waals surface area contributed by atoms with Gasteiger partial charge in [0.2, 0.25) is 0 Å². The van der Waals surface area contributed by atoms with Crippen molar-refractivity contribution in [3.05, 3.63) is 30.0 Å². The molecule has 1 aromatic carbocycles. The summed E-state index contributed by atoms with van der Waals surface area (Å²) in [5.74, 6) is 0. The lowest BCUT2D eigenvalue weighted by Crippen LogP contribution is -1.76. The number of rotatable bonds is 1. The van der Waals surface area contributed by atoms with Gasteiger partial charge >= 0.3 is 0 Å². The van der Waals surface area contributed by atoms with Crippen molar-refractivity contribution in [3.63, 3.8) is 0 Å². The number of fused-ring (bicyclic) bond motifs is 1. The van der Waals surface area contributed by atoms with Crippen molar-refractivity contribution in [1.29, 1.82) is 0 Å². The Bertz CT molecular complexity index is 367. The van der Waals surface area contributed by atoms with E-state index in [0.29, 0.717) is 5.69 Å². The van der Waals surface area contributed by atoms with Gasteiger partial charge in [-0.25, -0.2) is 4.39 Å². The van der Waals surface area contributed by atoms with Gasteiger partial charge in [-0.1, -0.05) is 18.2 Å². The van der Waals surface area contributed by atoms with Crippen LogP contribution in [0.5, 0.6) is 0 Å². The van der Waals surface area contributed by atoms with Crippen LogP contribution in [0.3, 0.4) is 0 Å². The number of halogens is 1. The van der Waals surface area contributed by atoms with Crippen molar-refractivity contribution in [2.75, 3.05) is 0 Å². The fourth-order valence-electron chi connectivity index (χ4n) is 1.12. The lowest BCUT2D eigenvalue weighted by molar-refractivity contribution is 0.477. The molecule has 3 heteroatoms. The van der Waals surface area contributed by atoms with E-state index in [2.05, 4.69) is 10.2 Å². The Kier molecular flexibility index (Phi) is 1.35. The number of hydrogen-bond donors (Lipinski definition) is 1. The minimum absolute atomic E-state index is 0.486. The number of aromatic nitrogens is 2. The van der Waals surface area contributed by atoms with E-state index in [-0.39, 0.29) is 0 Å². The van der Waals surface area contributed by atoms with E-state index in [9.17, 15) is 4.39 Å². The predicted octanol–water partition coefficient (Wildman–Crippen LogP) is 2.03.